The number of phenols is 1. The standard InChI is InChI=1S/C31H34N4O4/c1-17(2)27-29(37)34-26(22-15-20-9-5-6-10-21(20)16-22)31(39)35(27)28(23-14-13-18(3)32-19(23)4)30(38)33-24-11-7-8-12-25(24)36/h5-14,17,22,26-28,36H,15-16H2,1-4H3,(H,33,38)(H,34,37)/t26-,27-,28?/m1/s1. The highest BCUT2D eigenvalue weighted by Crippen LogP contribution is 2.37. The number of carbonyl (C=O) groups excluding carboxylic acids is 3. The first-order valence-electron chi connectivity index (χ1n) is 13.4. The smallest absolute Gasteiger partial charge is 0.252 e. The van der Waals surface area contributed by atoms with E-state index in [9.17, 15) is 19.5 Å². The summed E-state index contributed by atoms with van der Waals surface area (Å²) in [6.07, 6.45) is 1.35. The van der Waals surface area contributed by atoms with Crippen molar-refractivity contribution in [3.63, 3.8) is 0 Å². The summed E-state index contributed by atoms with van der Waals surface area (Å²) < 4.78 is 0. The number of nitrogens with zero attached hydrogens (tertiary/aromatic N) is 2. The number of aryl methyl sites for hydroxylation is 2. The Morgan fingerprint density at radius 3 is 2.26 bits per heavy atom. The molecule has 1 saturated heterocycles. The molecular formula is C31H34N4O4. The lowest BCUT2D eigenvalue weighted by Gasteiger charge is -2.45. The number of benzene rings is 2. The molecule has 2 aromatic carbocycles. The predicted octanol–water partition coefficient (Wildman–Crippen LogP) is 3.85. The fraction of sp³-hybridized carbons (Fsp3) is 0.355. The van der Waals surface area contributed by atoms with Crippen LogP contribution < -0.4 is 10.6 Å². The van der Waals surface area contributed by atoms with E-state index in [1.54, 1.807) is 37.3 Å². The van der Waals surface area contributed by atoms with Gasteiger partial charge in [0.2, 0.25) is 11.8 Å². The summed E-state index contributed by atoms with van der Waals surface area (Å²) in [5, 5.41) is 16.2. The van der Waals surface area contributed by atoms with Crippen molar-refractivity contribution in [1.82, 2.24) is 15.2 Å². The third-order valence-corrected chi connectivity index (χ3v) is 7.82. The lowest BCUT2D eigenvalue weighted by molar-refractivity contribution is -0.158. The Morgan fingerprint density at radius 1 is 1.00 bits per heavy atom. The van der Waals surface area contributed by atoms with Crippen molar-refractivity contribution < 1.29 is 19.5 Å². The highest BCUT2D eigenvalue weighted by molar-refractivity contribution is 6.03. The number of piperazine rings is 1. The number of amides is 3. The SMILES string of the molecule is Cc1ccc(C(C(=O)Nc2ccccc2O)N2C(=O)[C@@H](C3Cc4ccccc4C3)NC(=O)[C@H]2C(C)C)c(C)n1. The van der Waals surface area contributed by atoms with Crippen molar-refractivity contribution in [2.45, 2.75) is 58.7 Å². The van der Waals surface area contributed by atoms with Crippen molar-refractivity contribution in [3.05, 3.63) is 88.7 Å². The van der Waals surface area contributed by atoms with Crippen LogP contribution >= 0.6 is 0 Å². The molecule has 8 heteroatoms. The quantitative estimate of drug-likeness (QED) is 0.423. The number of rotatable bonds is 6. The van der Waals surface area contributed by atoms with Crippen LogP contribution in [0.5, 0.6) is 5.75 Å². The van der Waals surface area contributed by atoms with Crippen molar-refractivity contribution >= 4 is 23.4 Å². The normalized spacial score (nSPS) is 20.1. The molecular weight excluding hydrogens is 492 g/mol. The largest absolute Gasteiger partial charge is 0.506 e. The van der Waals surface area contributed by atoms with Crippen LogP contribution in [0.15, 0.2) is 60.7 Å². The summed E-state index contributed by atoms with van der Waals surface area (Å²) >= 11 is 0. The molecule has 3 N–H and O–H groups in total. The van der Waals surface area contributed by atoms with Gasteiger partial charge in [0.05, 0.1) is 5.69 Å². The van der Waals surface area contributed by atoms with Gasteiger partial charge in [0.15, 0.2) is 0 Å². The van der Waals surface area contributed by atoms with E-state index in [1.165, 1.54) is 22.1 Å². The molecule has 1 aliphatic carbocycles. The second kappa shape index (κ2) is 10.5. The number of para-hydroxylation sites is 2. The third kappa shape index (κ3) is 4.99. The molecule has 2 aliphatic rings. The molecule has 1 fully saturated rings. The zero-order valence-corrected chi connectivity index (χ0v) is 22.6. The van der Waals surface area contributed by atoms with Gasteiger partial charge in [-0.25, -0.2) is 0 Å². The van der Waals surface area contributed by atoms with Crippen LogP contribution in [0.25, 0.3) is 0 Å². The summed E-state index contributed by atoms with van der Waals surface area (Å²) in [6.45, 7) is 7.40. The maximum absolute atomic E-state index is 14.4. The maximum Gasteiger partial charge on any atom is 0.252 e. The van der Waals surface area contributed by atoms with Gasteiger partial charge >= 0.3 is 0 Å². The predicted molar refractivity (Wildman–Crippen MR) is 148 cm³/mol. The van der Waals surface area contributed by atoms with E-state index in [0.29, 0.717) is 24.1 Å². The molecule has 202 valence electrons. The molecule has 3 atom stereocenters. The minimum atomic E-state index is -1.13. The number of fused-ring (bicyclic) bond motifs is 1. The van der Waals surface area contributed by atoms with E-state index >= 15 is 0 Å². The first-order chi connectivity index (χ1) is 18.7. The first kappa shape index (κ1) is 26.4. The van der Waals surface area contributed by atoms with E-state index in [0.717, 1.165) is 5.69 Å². The Hall–Kier alpha value is -4.20. The Bertz CT molecular complexity index is 1410. The zero-order chi connectivity index (χ0) is 27.8. The molecule has 0 saturated carbocycles. The Kier molecular flexibility index (Phi) is 7.12. The van der Waals surface area contributed by atoms with Gasteiger partial charge in [-0.3, -0.25) is 19.4 Å². The minimum absolute atomic E-state index is 0.0897. The van der Waals surface area contributed by atoms with Gasteiger partial charge in [0.1, 0.15) is 23.9 Å². The van der Waals surface area contributed by atoms with E-state index in [4.69, 9.17) is 0 Å². The average molecular weight is 527 g/mol. The molecule has 39 heavy (non-hydrogen) atoms. The monoisotopic (exact) mass is 526 g/mol. The Morgan fingerprint density at radius 2 is 1.64 bits per heavy atom. The molecule has 3 aromatic rings. The molecule has 5 rings (SSSR count). The second-order valence-corrected chi connectivity index (χ2v) is 10.9. The topological polar surface area (TPSA) is 112 Å². The highest BCUT2D eigenvalue weighted by Gasteiger charge is 2.50. The van der Waals surface area contributed by atoms with Gasteiger partial charge in [-0.05, 0) is 67.9 Å². The van der Waals surface area contributed by atoms with Crippen molar-refractivity contribution in [2.24, 2.45) is 11.8 Å². The second-order valence-electron chi connectivity index (χ2n) is 10.9. The number of carbonyl (C=O) groups is 3. The molecule has 0 spiro atoms. The molecule has 0 radical (unpaired) electrons. The van der Waals surface area contributed by atoms with Gasteiger partial charge in [0.25, 0.3) is 5.91 Å². The number of aromatic hydroxyl groups is 1. The van der Waals surface area contributed by atoms with Crippen LogP contribution in [0.4, 0.5) is 5.69 Å². The first-order valence-corrected chi connectivity index (χ1v) is 13.4. The fourth-order valence-corrected chi connectivity index (χ4v) is 5.97. The highest BCUT2D eigenvalue weighted by atomic mass is 16.3. The summed E-state index contributed by atoms with van der Waals surface area (Å²) in [4.78, 5) is 48.1. The molecule has 1 aliphatic heterocycles. The molecule has 3 amide bonds. The van der Waals surface area contributed by atoms with Crippen LogP contribution in [-0.2, 0) is 27.2 Å². The summed E-state index contributed by atoms with van der Waals surface area (Å²) in [5.74, 6) is -1.55. The van der Waals surface area contributed by atoms with Crippen LogP contribution in [0.3, 0.4) is 0 Å². The Balaban J connectivity index is 1.58. The van der Waals surface area contributed by atoms with E-state index in [1.807, 2.05) is 32.9 Å². The number of hydrogen-bond donors (Lipinski definition) is 3. The van der Waals surface area contributed by atoms with E-state index in [-0.39, 0.29) is 35.1 Å². The molecule has 2 heterocycles. The molecule has 1 unspecified atom stereocenters. The van der Waals surface area contributed by atoms with Gasteiger partial charge in [-0.1, -0.05) is 56.3 Å². The summed E-state index contributed by atoms with van der Waals surface area (Å²) in [5.41, 5.74) is 4.49. The number of aromatic nitrogens is 1. The molecule has 1 aromatic heterocycles. The number of hydrogen-bond acceptors (Lipinski definition) is 5. The third-order valence-electron chi connectivity index (χ3n) is 7.82. The minimum Gasteiger partial charge on any atom is -0.506 e. The molecule has 0 bridgehead atoms. The van der Waals surface area contributed by atoms with Gasteiger partial charge in [0, 0.05) is 17.0 Å². The summed E-state index contributed by atoms with van der Waals surface area (Å²) in [6, 6.07) is 15.4. The van der Waals surface area contributed by atoms with Gasteiger partial charge in [-0.15, -0.1) is 0 Å². The van der Waals surface area contributed by atoms with E-state index in [2.05, 4.69) is 27.8 Å². The van der Waals surface area contributed by atoms with Crippen molar-refractivity contribution in [2.75, 3.05) is 5.32 Å². The number of pyridine rings is 1. The summed E-state index contributed by atoms with van der Waals surface area (Å²) in [7, 11) is 0. The van der Waals surface area contributed by atoms with Crippen LogP contribution in [0.1, 0.15) is 48.0 Å². The van der Waals surface area contributed by atoms with Crippen molar-refractivity contribution in [3.8, 4) is 5.75 Å². The zero-order valence-electron chi connectivity index (χ0n) is 22.6. The van der Waals surface area contributed by atoms with Crippen molar-refractivity contribution in [1.29, 1.82) is 0 Å². The lowest BCUT2D eigenvalue weighted by atomic mass is 9.87. The van der Waals surface area contributed by atoms with E-state index < -0.39 is 24.0 Å². The van der Waals surface area contributed by atoms with Crippen LogP contribution in [0.2, 0.25) is 0 Å². The van der Waals surface area contributed by atoms with Crippen LogP contribution in [0, 0.1) is 25.7 Å². The number of anilines is 1. The van der Waals surface area contributed by atoms with Crippen LogP contribution in [-0.4, -0.2) is 44.8 Å². The number of nitrogens with one attached hydrogen (secondary N) is 2. The maximum atomic E-state index is 14.4. The van der Waals surface area contributed by atoms with Gasteiger partial charge < -0.3 is 20.6 Å². The fourth-order valence-electron chi connectivity index (χ4n) is 5.97. The lowest BCUT2D eigenvalue weighted by Crippen LogP contribution is -2.68. The number of phenolic OH excluding ortho intramolecular Hbond substituents is 1. The molecule has 8 nitrogen and oxygen atoms in total. The average Bonchev–Trinajstić information content (AvgIpc) is 3.32. The van der Waals surface area contributed by atoms with Gasteiger partial charge in [-0.2, -0.15) is 0 Å². The Labute approximate surface area is 228 Å².